The Morgan fingerprint density at radius 2 is 1.91 bits per heavy atom. The summed E-state index contributed by atoms with van der Waals surface area (Å²) in [7, 11) is 0. The normalized spacial score (nSPS) is 11.3. The predicted octanol–water partition coefficient (Wildman–Crippen LogP) is 3.58. The Kier molecular flexibility index (Phi) is 5.43. The van der Waals surface area contributed by atoms with E-state index in [9.17, 15) is 9.59 Å². The van der Waals surface area contributed by atoms with E-state index in [1.807, 2.05) is 37.3 Å². The SMILES string of the molecule is CCCc1c(Cc2ccc(-c3ccccc3-c3nsc(=O)[nH]3)cc2F)c(=O)[nH]c2ncnn12. The molecule has 8 nitrogen and oxygen atoms in total. The molecule has 0 amide bonds. The summed E-state index contributed by atoms with van der Waals surface area (Å²) in [5.41, 5.74) is 3.42. The number of aromatic amines is 2. The molecule has 10 heteroatoms. The van der Waals surface area contributed by atoms with E-state index in [0.29, 0.717) is 40.3 Å². The summed E-state index contributed by atoms with van der Waals surface area (Å²) in [4.78, 5) is 33.5. The zero-order chi connectivity index (χ0) is 22.9. The summed E-state index contributed by atoms with van der Waals surface area (Å²) in [6.45, 7) is 2.01. The van der Waals surface area contributed by atoms with E-state index in [4.69, 9.17) is 0 Å². The molecule has 0 saturated carbocycles. The molecule has 0 radical (unpaired) electrons. The molecule has 5 rings (SSSR count). The second-order valence-corrected chi connectivity index (χ2v) is 8.33. The zero-order valence-electron chi connectivity index (χ0n) is 17.6. The molecule has 0 fully saturated rings. The molecular weight excluding hydrogens is 443 g/mol. The highest BCUT2D eigenvalue weighted by atomic mass is 32.1. The van der Waals surface area contributed by atoms with Crippen LogP contribution in [-0.4, -0.2) is 28.9 Å². The van der Waals surface area contributed by atoms with E-state index < -0.39 is 5.82 Å². The molecule has 0 atom stereocenters. The van der Waals surface area contributed by atoms with Crippen molar-refractivity contribution in [3.8, 4) is 22.5 Å². The first-order valence-corrected chi connectivity index (χ1v) is 11.2. The van der Waals surface area contributed by atoms with E-state index in [1.165, 1.54) is 12.4 Å². The number of benzene rings is 2. The van der Waals surface area contributed by atoms with Crippen LogP contribution in [0.4, 0.5) is 4.39 Å². The number of hydrogen-bond acceptors (Lipinski definition) is 6. The molecule has 0 spiro atoms. The molecule has 166 valence electrons. The smallest absolute Gasteiger partial charge is 0.296 e. The minimum atomic E-state index is -0.422. The lowest BCUT2D eigenvalue weighted by atomic mass is 9.96. The zero-order valence-corrected chi connectivity index (χ0v) is 18.4. The summed E-state index contributed by atoms with van der Waals surface area (Å²) in [5.74, 6) is 0.399. The minimum absolute atomic E-state index is 0.133. The van der Waals surface area contributed by atoms with Gasteiger partial charge in [0.15, 0.2) is 5.82 Å². The highest BCUT2D eigenvalue weighted by Gasteiger charge is 2.17. The highest BCUT2D eigenvalue weighted by molar-refractivity contribution is 7.03. The van der Waals surface area contributed by atoms with Crippen molar-refractivity contribution in [3.63, 3.8) is 0 Å². The van der Waals surface area contributed by atoms with Crippen LogP contribution in [0.2, 0.25) is 0 Å². The van der Waals surface area contributed by atoms with Crippen LogP contribution in [0.5, 0.6) is 0 Å². The van der Waals surface area contributed by atoms with Crippen molar-refractivity contribution >= 4 is 17.3 Å². The molecular formula is C23H19FN6O2S. The van der Waals surface area contributed by atoms with Gasteiger partial charge < -0.3 is 0 Å². The number of aromatic nitrogens is 6. The molecule has 2 aromatic carbocycles. The summed E-state index contributed by atoms with van der Waals surface area (Å²) < 4.78 is 21.0. The van der Waals surface area contributed by atoms with Gasteiger partial charge in [0.25, 0.3) is 5.56 Å². The van der Waals surface area contributed by atoms with Gasteiger partial charge in [-0.05, 0) is 29.2 Å². The third-order valence-corrected chi connectivity index (χ3v) is 6.03. The lowest BCUT2D eigenvalue weighted by Gasteiger charge is -2.12. The van der Waals surface area contributed by atoms with Crippen LogP contribution < -0.4 is 10.4 Å². The Hall–Kier alpha value is -3.92. The maximum Gasteiger partial charge on any atom is 0.323 e. The molecule has 0 saturated heterocycles. The Labute approximate surface area is 191 Å². The van der Waals surface area contributed by atoms with Crippen LogP contribution in [0.3, 0.4) is 0 Å². The fraction of sp³-hybridized carbons (Fsp3) is 0.174. The average Bonchev–Trinajstić information content (AvgIpc) is 3.46. The fourth-order valence-electron chi connectivity index (χ4n) is 3.97. The van der Waals surface area contributed by atoms with Gasteiger partial charge in [0.1, 0.15) is 12.1 Å². The molecule has 2 N–H and O–H groups in total. The number of halogens is 1. The molecule has 3 heterocycles. The quantitative estimate of drug-likeness (QED) is 0.401. The van der Waals surface area contributed by atoms with E-state index in [2.05, 4.69) is 24.4 Å². The highest BCUT2D eigenvalue weighted by Crippen LogP contribution is 2.31. The molecule has 0 aliphatic heterocycles. The van der Waals surface area contributed by atoms with E-state index in [0.717, 1.165) is 29.2 Å². The second kappa shape index (κ2) is 8.55. The van der Waals surface area contributed by atoms with Crippen molar-refractivity contribution in [1.82, 2.24) is 28.9 Å². The summed E-state index contributed by atoms with van der Waals surface area (Å²) in [6, 6.07) is 12.3. The van der Waals surface area contributed by atoms with Crippen molar-refractivity contribution in [3.05, 3.63) is 91.5 Å². The third kappa shape index (κ3) is 3.89. The number of fused-ring (bicyclic) bond motifs is 1. The summed E-state index contributed by atoms with van der Waals surface area (Å²) >= 11 is 0.839. The monoisotopic (exact) mass is 462 g/mol. The summed E-state index contributed by atoms with van der Waals surface area (Å²) in [6.07, 6.45) is 2.95. The first kappa shape index (κ1) is 21.0. The van der Waals surface area contributed by atoms with Gasteiger partial charge >= 0.3 is 4.87 Å². The Morgan fingerprint density at radius 3 is 2.64 bits per heavy atom. The van der Waals surface area contributed by atoms with Crippen molar-refractivity contribution in [2.24, 2.45) is 0 Å². The van der Waals surface area contributed by atoms with Crippen molar-refractivity contribution in [2.45, 2.75) is 26.2 Å². The fourth-order valence-corrected chi connectivity index (χ4v) is 4.43. The Balaban J connectivity index is 1.55. The first-order chi connectivity index (χ1) is 16.0. The molecule has 33 heavy (non-hydrogen) atoms. The van der Waals surface area contributed by atoms with E-state index >= 15 is 4.39 Å². The predicted molar refractivity (Wildman–Crippen MR) is 124 cm³/mol. The van der Waals surface area contributed by atoms with E-state index in [-0.39, 0.29) is 16.9 Å². The molecule has 5 aromatic rings. The van der Waals surface area contributed by atoms with Gasteiger partial charge in [-0.15, -0.1) is 0 Å². The maximum atomic E-state index is 15.2. The molecule has 0 aliphatic carbocycles. The number of nitrogens with zero attached hydrogens (tertiary/aromatic N) is 4. The van der Waals surface area contributed by atoms with Gasteiger partial charge in [0.05, 0.1) is 5.69 Å². The molecule has 0 aliphatic rings. The Morgan fingerprint density at radius 1 is 1.09 bits per heavy atom. The lowest BCUT2D eigenvalue weighted by molar-refractivity contribution is 0.613. The van der Waals surface area contributed by atoms with Gasteiger partial charge in [0.2, 0.25) is 5.78 Å². The van der Waals surface area contributed by atoms with Gasteiger partial charge in [-0.2, -0.15) is 14.5 Å². The standard InChI is InChI=1S/C23H19FN6O2S/c1-2-5-19-17(21(31)28-22-25-12-26-30(19)22)10-14-9-8-13(11-18(14)24)15-6-3-4-7-16(15)20-27-23(32)33-29-20/h3-4,6-9,11-12H,2,5,10H2,1H3,(H,27,29,32)(H,25,26,28,31). The van der Waals surface area contributed by atoms with Crippen LogP contribution in [0.25, 0.3) is 28.3 Å². The van der Waals surface area contributed by atoms with Crippen LogP contribution in [0, 0.1) is 5.82 Å². The number of nitrogens with one attached hydrogen (secondary N) is 2. The van der Waals surface area contributed by atoms with Crippen LogP contribution >= 0.6 is 11.5 Å². The second-order valence-electron chi connectivity index (χ2n) is 7.60. The van der Waals surface area contributed by atoms with Gasteiger partial charge in [0, 0.05) is 29.1 Å². The topological polar surface area (TPSA) is 109 Å². The Bertz CT molecular complexity index is 1580. The van der Waals surface area contributed by atoms with Crippen molar-refractivity contribution in [1.29, 1.82) is 0 Å². The van der Waals surface area contributed by atoms with Crippen molar-refractivity contribution in [2.75, 3.05) is 0 Å². The third-order valence-electron chi connectivity index (χ3n) is 5.49. The number of hydrogen-bond donors (Lipinski definition) is 2. The molecule has 0 unspecified atom stereocenters. The van der Waals surface area contributed by atoms with Gasteiger partial charge in [-0.1, -0.05) is 49.7 Å². The number of H-pyrrole nitrogens is 2. The number of aryl methyl sites for hydroxylation is 1. The minimum Gasteiger partial charge on any atom is -0.296 e. The summed E-state index contributed by atoms with van der Waals surface area (Å²) in [5, 5.41) is 4.21. The van der Waals surface area contributed by atoms with E-state index in [1.54, 1.807) is 10.6 Å². The molecule has 0 bridgehead atoms. The maximum absolute atomic E-state index is 15.2. The van der Waals surface area contributed by atoms with Gasteiger partial charge in [-0.25, -0.2) is 8.91 Å². The van der Waals surface area contributed by atoms with Crippen LogP contribution in [0.15, 0.2) is 58.4 Å². The van der Waals surface area contributed by atoms with Crippen LogP contribution in [0.1, 0.15) is 30.2 Å². The largest absolute Gasteiger partial charge is 0.323 e. The molecule has 3 aromatic heterocycles. The average molecular weight is 463 g/mol. The first-order valence-electron chi connectivity index (χ1n) is 10.4. The lowest BCUT2D eigenvalue weighted by Crippen LogP contribution is -2.21. The van der Waals surface area contributed by atoms with Gasteiger partial charge in [-0.3, -0.25) is 19.6 Å². The van der Waals surface area contributed by atoms with Crippen molar-refractivity contribution < 1.29 is 4.39 Å². The van der Waals surface area contributed by atoms with Crippen LogP contribution in [-0.2, 0) is 12.8 Å². The number of rotatable bonds is 6.